The molecule has 0 atom stereocenters. The SMILES string of the molecule is CCOc1ccc(/C=C(\C#N)c2ccc(Br)cc2)c(OCC)c1. The van der Waals surface area contributed by atoms with Crippen molar-refractivity contribution in [1.29, 1.82) is 5.26 Å². The van der Waals surface area contributed by atoms with Crippen molar-refractivity contribution in [3.8, 4) is 17.6 Å². The zero-order valence-electron chi connectivity index (χ0n) is 13.2. The van der Waals surface area contributed by atoms with Gasteiger partial charge in [-0.3, -0.25) is 0 Å². The van der Waals surface area contributed by atoms with Crippen molar-refractivity contribution in [2.75, 3.05) is 13.2 Å². The predicted molar refractivity (Wildman–Crippen MR) is 96.4 cm³/mol. The molecule has 0 aliphatic carbocycles. The van der Waals surface area contributed by atoms with Gasteiger partial charge in [0.1, 0.15) is 11.5 Å². The molecule has 0 radical (unpaired) electrons. The monoisotopic (exact) mass is 371 g/mol. The molecule has 23 heavy (non-hydrogen) atoms. The molecule has 0 heterocycles. The van der Waals surface area contributed by atoms with Crippen LogP contribution in [0.15, 0.2) is 46.9 Å². The second-order valence-electron chi connectivity index (χ2n) is 4.74. The Labute approximate surface area is 145 Å². The topological polar surface area (TPSA) is 42.2 Å². The van der Waals surface area contributed by atoms with E-state index in [0.717, 1.165) is 21.3 Å². The van der Waals surface area contributed by atoms with Gasteiger partial charge >= 0.3 is 0 Å². The van der Waals surface area contributed by atoms with Crippen LogP contribution in [-0.2, 0) is 0 Å². The molecule has 0 aliphatic rings. The normalized spacial score (nSPS) is 11.0. The molecule has 0 unspecified atom stereocenters. The maximum absolute atomic E-state index is 9.47. The van der Waals surface area contributed by atoms with E-state index in [0.29, 0.717) is 24.5 Å². The summed E-state index contributed by atoms with van der Waals surface area (Å²) in [4.78, 5) is 0. The molecule has 2 aromatic rings. The van der Waals surface area contributed by atoms with Crippen LogP contribution in [0.4, 0.5) is 0 Å². The van der Waals surface area contributed by atoms with E-state index in [1.807, 2.05) is 62.4 Å². The Morgan fingerprint density at radius 3 is 2.39 bits per heavy atom. The Balaban J connectivity index is 2.42. The van der Waals surface area contributed by atoms with E-state index in [1.165, 1.54) is 0 Å². The molecule has 4 heteroatoms. The molecule has 118 valence electrons. The lowest BCUT2D eigenvalue weighted by atomic mass is 10.0. The van der Waals surface area contributed by atoms with Gasteiger partial charge in [0.25, 0.3) is 0 Å². The number of nitriles is 1. The van der Waals surface area contributed by atoms with Gasteiger partial charge in [0.05, 0.1) is 24.9 Å². The fourth-order valence-corrected chi connectivity index (χ4v) is 2.40. The summed E-state index contributed by atoms with van der Waals surface area (Å²) in [5, 5.41) is 9.47. The van der Waals surface area contributed by atoms with E-state index in [4.69, 9.17) is 9.47 Å². The van der Waals surface area contributed by atoms with Gasteiger partial charge in [-0.1, -0.05) is 28.1 Å². The molecule has 0 saturated heterocycles. The van der Waals surface area contributed by atoms with Crippen molar-refractivity contribution in [1.82, 2.24) is 0 Å². The summed E-state index contributed by atoms with van der Waals surface area (Å²) in [5.41, 5.74) is 2.31. The molecular weight excluding hydrogens is 354 g/mol. The van der Waals surface area contributed by atoms with E-state index in [2.05, 4.69) is 22.0 Å². The van der Waals surface area contributed by atoms with Gasteiger partial charge in [-0.25, -0.2) is 0 Å². The lowest BCUT2D eigenvalue weighted by Crippen LogP contribution is -1.97. The minimum atomic E-state index is 0.552. The van der Waals surface area contributed by atoms with Crippen molar-refractivity contribution >= 4 is 27.6 Å². The highest BCUT2D eigenvalue weighted by Crippen LogP contribution is 2.29. The number of nitrogens with zero attached hydrogens (tertiary/aromatic N) is 1. The third kappa shape index (κ3) is 4.61. The number of hydrogen-bond acceptors (Lipinski definition) is 3. The maximum Gasteiger partial charge on any atom is 0.130 e. The zero-order chi connectivity index (χ0) is 16.7. The Morgan fingerprint density at radius 1 is 1.09 bits per heavy atom. The van der Waals surface area contributed by atoms with Gasteiger partial charge in [-0.15, -0.1) is 0 Å². The molecular formula is C19H18BrNO2. The molecule has 0 aromatic heterocycles. The number of rotatable bonds is 6. The highest BCUT2D eigenvalue weighted by molar-refractivity contribution is 9.10. The first-order chi connectivity index (χ1) is 11.2. The summed E-state index contributed by atoms with van der Waals surface area (Å²) in [5.74, 6) is 1.47. The van der Waals surface area contributed by atoms with E-state index in [9.17, 15) is 5.26 Å². The van der Waals surface area contributed by atoms with Crippen LogP contribution in [0.2, 0.25) is 0 Å². The number of ether oxygens (including phenoxy) is 2. The first-order valence-corrected chi connectivity index (χ1v) is 8.24. The Bertz CT molecular complexity index is 730. The Kier molecular flexibility index (Phi) is 6.25. The van der Waals surface area contributed by atoms with Crippen LogP contribution in [0, 0.1) is 11.3 Å². The molecule has 3 nitrogen and oxygen atoms in total. The van der Waals surface area contributed by atoms with Crippen molar-refractivity contribution < 1.29 is 9.47 Å². The summed E-state index contributed by atoms with van der Waals surface area (Å²) in [6, 6.07) is 15.6. The number of halogens is 1. The molecule has 0 saturated carbocycles. The average Bonchev–Trinajstić information content (AvgIpc) is 2.56. The second-order valence-corrected chi connectivity index (χ2v) is 5.66. The van der Waals surface area contributed by atoms with Crippen LogP contribution in [0.1, 0.15) is 25.0 Å². The summed E-state index contributed by atoms with van der Waals surface area (Å²) in [6.45, 7) is 5.02. The summed E-state index contributed by atoms with van der Waals surface area (Å²) in [7, 11) is 0. The smallest absolute Gasteiger partial charge is 0.130 e. The first-order valence-electron chi connectivity index (χ1n) is 7.45. The van der Waals surface area contributed by atoms with Gasteiger partial charge in [-0.05, 0) is 49.8 Å². The molecule has 0 N–H and O–H groups in total. The standard InChI is InChI=1S/C19H18BrNO2/c1-3-22-18-10-7-15(19(12-18)23-4-2)11-16(13-21)14-5-8-17(20)9-6-14/h5-12H,3-4H2,1-2H3/b16-11+. The van der Waals surface area contributed by atoms with Crippen LogP contribution in [0.3, 0.4) is 0 Å². The molecule has 0 spiro atoms. The molecule has 0 fully saturated rings. The number of allylic oxidation sites excluding steroid dienone is 1. The fraction of sp³-hybridized carbons (Fsp3) is 0.211. The minimum Gasteiger partial charge on any atom is -0.494 e. The van der Waals surface area contributed by atoms with Crippen LogP contribution in [0.25, 0.3) is 11.6 Å². The van der Waals surface area contributed by atoms with E-state index in [-0.39, 0.29) is 0 Å². The summed E-state index contributed by atoms with van der Waals surface area (Å²) in [6.07, 6.45) is 1.84. The zero-order valence-corrected chi connectivity index (χ0v) is 14.8. The fourth-order valence-electron chi connectivity index (χ4n) is 2.14. The lowest BCUT2D eigenvalue weighted by Gasteiger charge is -2.11. The van der Waals surface area contributed by atoms with Crippen LogP contribution in [0.5, 0.6) is 11.5 Å². The quantitative estimate of drug-likeness (QED) is 0.510. The highest BCUT2D eigenvalue weighted by atomic mass is 79.9. The Morgan fingerprint density at radius 2 is 1.78 bits per heavy atom. The molecule has 0 aliphatic heterocycles. The van der Waals surface area contributed by atoms with Gasteiger partial charge in [-0.2, -0.15) is 5.26 Å². The molecule has 2 rings (SSSR count). The largest absolute Gasteiger partial charge is 0.494 e. The molecule has 2 aromatic carbocycles. The highest BCUT2D eigenvalue weighted by Gasteiger charge is 2.07. The van der Waals surface area contributed by atoms with Crippen LogP contribution in [-0.4, -0.2) is 13.2 Å². The predicted octanol–water partition coefficient (Wildman–Crippen LogP) is 5.31. The van der Waals surface area contributed by atoms with E-state index in [1.54, 1.807) is 0 Å². The third-order valence-electron chi connectivity index (χ3n) is 3.17. The van der Waals surface area contributed by atoms with E-state index < -0.39 is 0 Å². The van der Waals surface area contributed by atoms with Crippen molar-refractivity contribution in [2.24, 2.45) is 0 Å². The molecule has 0 amide bonds. The van der Waals surface area contributed by atoms with Crippen LogP contribution >= 0.6 is 15.9 Å². The van der Waals surface area contributed by atoms with Crippen molar-refractivity contribution in [3.63, 3.8) is 0 Å². The Hall–Kier alpha value is -2.25. The minimum absolute atomic E-state index is 0.552. The third-order valence-corrected chi connectivity index (χ3v) is 3.70. The second kappa shape index (κ2) is 8.40. The number of benzene rings is 2. The number of hydrogen-bond donors (Lipinski definition) is 0. The van der Waals surface area contributed by atoms with Gasteiger partial charge in [0.2, 0.25) is 0 Å². The van der Waals surface area contributed by atoms with Gasteiger partial charge in [0, 0.05) is 16.1 Å². The molecule has 0 bridgehead atoms. The maximum atomic E-state index is 9.47. The van der Waals surface area contributed by atoms with E-state index >= 15 is 0 Å². The summed E-state index contributed by atoms with van der Waals surface area (Å²) < 4.78 is 12.2. The van der Waals surface area contributed by atoms with Gasteiger partial charge in [0.15, 0.2) is 0 Å². The summed E-state index contributed by atoms with van der Waals surface area (Å²) >= 11 is 3.40. The van der Waals surface area contributed by atoms with Crippen LogP contribution < -0.4 is 9.47 Å². The van der Waals surface area contributed by atoms with Gasteiger partial charge < -0.3 is 9.47 Å². The van der Waals surface area contributed by atoms with Crippen molar-refractivity contribution in [2.45, 2.75) is 13.8 Å². The van der Waals surface area contributed by atoms with Crippen molar-refractivity contribution in [3.05, 3.63) is 58.1 Å². The first kappa shape index (κ1) is 17.1. The lowest BCUT2D eigenvalue weighted by molar-refractivity contribution is 0.322. The average molecular weight is 372 g/mol.